The molecule has 6 nitrogen and oxygen atoms in total. The van der Waals surface area contributed by atoms with E-state index in [1.165, 1.54) is 6.08 Å². The fourth-order valence-corrected chi connectivity index (χ4v) is 1.30. The topological polar surface area (TPSA) is 99.0 Å². The van der Waals surface area contributed by atoms with Gasteiger partial charge in [0.05, 0.1) is 19.8 Å². The number of rotatable bonds is 8. The first-order valence-electron chi connectivity index (χ1n) is 6.71. The van der Waals surface area contributed by atoms with E-state index in [1.54, 1.807) is 6.92 Å². The van der Waals surface area contributed by atoms with E-state index in [9.17, 15) is 4.79 Å². The van der Waals surface area contributed by atoms with Gasteiger partial charge in [0.1, 0.15) is 0 Å². The Morgan fingerprint density at radius 1 is 1.19 bits per heavy atom. The number of hydrogen-bond acceptors (Lipinski definition) is 5. The molecule has 6 heteroatoms. The van der Waals surface area contributed by atoms with Gasteiger partial charge in [-0.1, -0.05) is 30.3 Å². The summed E-state index contributed by atoms with van der Waals surface area (Å²) in [5.41, 5.74) is 0.818. The van der Waals surface area contributed by atoms with Gasteiger partial charge >= 0.3 is 5.97 Å². The molecule has 21 heavy (non-hydrogen) atoms. The third-order valence-electron chi connectivity index (χ3n) is 2.19. The first-order valence-corrected chi connectivity index (χ1v) is 6.71. The van der Waals surface area contributed by atoms with Crippen LogP contribution in [-0.4, -0.2) is 54.2 Å². The van der Waals surface area contributed by atoms with E-state index < -0.39 is 5.97 Å². The molecule has 0 aliphatic rings. The van der Waals surface area contributed by atoms with E-state index in [0.717, 1.165) is 5.56 Å². The number of ether oxygens (including phenoxy) is 1. The molecule has 4 N–H and O–H groups in total. The Hall–Kier alpha value is -1.89. The molecule has 1 rings (SSSR count). The SMILES string of the molecule is CCOC(=Cc1ccccc1)C(=O)O.OCCNCCO. The lowest BCUT2D eigenvalue weighted by Crippen LogP contribution is -2.21. The molecule has 118 valence electrons. The van der Waals surface area contributed by atoms with Gasteiger partial charge in [0.15, 0.2) is 0 Å². The van der Waals surface area contributed by atoms with Crippen molar-refractivity contribution in [3.05, 3.63) is 41.7 Å². The molecule has 0 saturated heterocycles. The summed E-state index contributed by atoms with van der Waals surface area (Å²) >= 11 is 0. The van der Waals surface area contributed by atoms with E-state index >= 15 is 0 Å². The average molecular weight is 297 g/mol. The number of carboxylic acid groups (broad SMARTS) is 1. The van der Waals surface area contributed by atoms with Crippen LogP contribution >= 0.6 is 0 Å². The van der Waals surface area contributed by atoms with Gasteiger partial charge in [-0.05, 0) is 18.6 Å². The van der Waals surface area contributed by atoms with Gasteiger partial charge in [-0.2, -0.15) is 0 Å². The van der Waals surface area contributed by atoms with Crippen LogP contribution in [-0.2, 0) is 9.53 Å². The minimum absolute atomic E-state index is 0.0290. The largest absolute Gasteiger partial charge is 0.487 e. The summed E-state index contributed by atoms with van der Waals surface area (Å²) < 4.78 is 4.97. The summed E-state index contributed by atoms with van der Waals surface area (Å²) in [6.45, 7) is 3.52. The Morgan fingerprint density at radius 3 is 2.19 bits per heavy atom. The van der Waals surface area contributed by atoms with Gasteiger partial charge in [-0.15, -0.1) is 0 Å². The first-order chi connectivity index (χ1) is 10.2. The van der Waals surface area contributed by atoms with Crippen molar-refractivity contribution >= 4 is 12.0 Å². The molecule has 0 aliphatic heterocycles. The zero-order valence-corrected chi connectivity index (χ0v) is 12.2. The van der Waals surface area contributed by atoms with Crippen molar-refractivity contribution in [3.8, 4) is 0 Å². The molecule has 0 spiro atoms. The quantitative estimate of drug-likeness (QED) is 0.320. The van der Waals surface area contributed by atoms with Crippen molar-refractivity contribution in [3.63, 3.8) is 0 Å². The zero-order chi connectivity index (χ0) is 15.9. The lowest BCUT2D eigenvalue weighted by atomic mass is 10.2. The first kappa shape index (κ1) is 19.1. The number of benzene rings is 1. The Labute approximate surface area is 124 Å². The maximum Gasteiger partial charge on any atom is 0.371 e. The predicted octanol–water partition coefficient (Wildman–Crippen LogP) is 0.709. The second-order valence-electron chi connectivity index (χ2n) is 3.85. The van der Waals surface area contributed by atoms with Crippen molar-refractivity contribution in [1.82, 2.24) is 5.32 Å². The third kappa shape index (κ3) is 10.5. The van der Waals surface area contributed by atoms with Crippen LogP contribution in [0.1, 0.15) is 12.5 Å². The summed E-state index contributed by atoms with van der Waals surface area (Å²) in [6, 6.07) is 9.21. The highest BCUT2D eigenvalue weighted by atomic mass is 16.5. The van der Waals surface area contributed by atoms with Crippen LogP contribution in [0.3, 0.4) is 0 Å². The lowest BCUT2D eigenvalue weighted by Gasteiger charge is -2.02. The number of carboxylic acids is 1. The second-order valence-corrected chi connectivity index (χ2v) is 3.85. The molecule has 0 aliphatic carbocycles. The molecule has 1 aromatic rings. The van der Waals surface area contributed by atoms with Crippen LogP contribution < -0.4 is 5.32 Å². The number of aliphatic hydroxyl groups excluding tert-OH is 2. The fraction of sp³-hybridized carbons (Fsp3) is 0.400. The smallest absolute Gasteiger partial charge is 0.371 e. The second kappa shape index (κ2) is 13.1. The molecule has 0 saturated carbocycles. The van der Waals surface area contributed by atoms with Crippen molar-refractivity contribution < 1.29 is 24.9 Å². The lowest BCUT2D eigenvalue weighted by molar-refractivity contribution is -0.136. The molecule has 0 aromatic heterocycles. The van der Waals surface area contributed by atoms with Crippen LogP contribution in [0, 0.1) is 0 Å². The Bertz CT molecular complexity index is 402. The van der Waals surface area contributed by atoms with E-state index in [-0.39, 0.29) is 19.0 Å². The number of aliphatic hydroxyl groups is 2. The molecule has 0 atom stereocenters. The molecule has 0 bridgehead atoms. The van der Waals surface area contributed by atoms with E-state index in [1.807, 2.05) is 30.3 Å². The maximum atomic E-state index is 10.7. The number of carbonyl (C=O) groups is 1. The van der Waals surface area contributed by atoms with Gasteiger partial charge in [-0.3, -0.25) is 0 Å². The molecule has 1 aromatic carbocycles. The van der Waals surface area contributed by atoms with Gasteiger partial charge < -0.3 is 25.4 Å². The van der Waals surface area contributed by atoms with E-state index in [0.29, 0.717) is 19.7 Å². The number of nitrogens with one attached hydrogen (secondary N) is 1. The minimum Gasteiger partial charge on any atom is -0.487 e. The number of hydrogen-bond donors (Lipinski definition) is 4. The normalized spacial score (nSPS) is 10.5. The van der Waals surface area contributed by atoms with E-state index in [4.69, 9.17) is 20.1 Å². The van der Waals surface area contributed by atoms with Crippen LogP contribution in [0.4, 0.5) is 0 Å². The summed E-state index contributed by atoms with van der Waals surface area (Å²) in [7, 11) is 0. The van der Waals surface area contributed by atoms with Crippen LogP contribution in [0.2, 0.25) is 0 Å². The molecular weight excluding hydrogens is 274 g/mol. The summed E-state index contributed by atoms with van der Waals surface area (Å²) in [6.07, 6.45) is 1.51. The summed E-state index contributed by atoms with van der Waals surface area (Å²) in [5.74, 6) is -1.07. The number of aliphatic carboxylic acids is 1. The molecule has 0 fully saturated rings. The average Bonchev–Trinajstić information content (AvgIpc) is 2.49. The highest BCUT2D eigenvalue weighted by Crippen LogP contribution is 2.07. The van der Waals surface area contributed by atoms with Gasteiger partial charge in [0.2, 0.25) is 5.76 Å². The van der Waals surface area contributed by atoms with Crippen LogP contribution in [0.15, 0.2) is 36.1 Å². The Morgan fingerprint density at radius 2 is 1.76 bits per heavy atom. The Balaban J connectivity index is 0.000000486. The van der Waals surface area contributed by atoms with Gasteiger partial charge in [0, 0.05) is 13.1 Å². The van der Waals surface area contributed by atoms with Gasteiger partial charge in [0.25, 0.3) is 0 Å². The van der Waals surface area contributed by atoms with Gasteiger partial charge in [-0.25, -0.2) is 4.79 Å². The third-order valence-corrected chi connectivity index (χ3v) is 2.19. The van der Waals surface area contributed by atoms with Crippen molar-refractivity contribution in [1.29, 1.82) is 0 Å². The zero-order valence-electron chi connectivity index (χ0n) is 12.2. The maximum absolute atomic E-state index is 10.7. The predicted molar refractivity (Wildman–Crippen MR) is 80.7 cm³/mol. The molecule has 0 heterocycles. The van der Waals surface area contributed by atoms with E-state index in [2.05, 4.69) is 5.32 Å². The fourth-order valence-electron chi connectivity index (χ4n) is 1.30. The summed E-state index contributed by atoms with van der Waals surface area (Å²) in [5, 5.41) is 27.9. The summed E-state index contributed by atoms with van der Waals surface area (Å²) in [4.78, 5) is 10.7. The highest BCUT2D eigenvalue weighted by Gasteiger charge is 2.06. The monoisotopic (exact) mass is 297 g/mol. The molecular formula is C15H23NO5. The van der Waals surface area contributed by atoms with Crippen molar-refractivity contribution in [2.45, 2.75) is 6.92 Å². The van der Waals surface area contributed by atoms with Crippen LogP contribution in [0.25, 0.3) is 6.08 Å². The van der Waals surface area contributed by atoms with Crippen molar-refractivity contribution in [2.75, 3.05) is 32.9 Å². The molecule has 0 unspecified atom stereocenters. The minimum atomic E-state index is -1.05. The van der Waals surface area contributed by atoms with Crippen LogP contribution in [0.5, 0.6) is 0 Å². The Kier molecular flexibility index (Phi) is 11.9. The van der Waals surface area contributed by atoms with Crippen molar-refractivity contribution in [2.24, 2.45) is 0 Å². The molecule has 0 radical (unpaired) electrons. The molecule has 0 amide bonds. The highest BCUT2D eigenvalue weighted by molar-refractivity contribution is 5.89. The standard InChI is InChI=1S/C11H12O3.C4H11NO2/c1-2-14-10(11(12)13)8-9-6-4-3-5-7-9;6-3-1-5-2-4-7/h3-8H,2H2,1H3,(H,12,13);5-7H,1-4H2.